The van der Waals surface area contributed by atoms with Gasteiger partial charge < -0.3 is 60.2 Å². The number of phenols is 9. The Bertz CT molecular complexity index is 1470. The second kappa shape index (κ2) is 10.9. The maximum Gasteiger partial charge on any atom is 0.343 e. The van der Waals surface area contributed by atoms with Crippen LogP contribution in [0.1, 0.15) is 31.1 Å². The normalized spacial score (nSPS) is 10.6. The molecule has 0 saturated heterocycles. The predicted octanol–water partition coefficient (Wildman–Crippen LogP) is 2.69. The Hall–Kier alpha value is -6.51. The van der Waals surface area contributed by atoms with Crippen LogP contribution < -0.4 is 14.2 Å². The summed E-state index contributed by atoms with van der Waals surface area (Å²) in [5, 5.41) is 86.5. The molecule has 9 N–H and O–H groups in total. The fourth-order valence-electron chi connectivity index (χ4n) is 3.39. The van der Waals surface area contributed by atoms with Gasteiger partial charge in [-0.25, -0.2) is 14.4 Å². The van der Waals surface area contributed by atoms with E-state index in [1.807, 2.05) is 0 Å². The first-order valence-electron chi connectivity index (χ1n) is 11.3. The van der Waals surface area contributed by atoms with Crippen molar-refractivity contribution < 1.29 is 74.6 Å². The molecule has 0 aliphatic rings. The summed E-state index contributed by atoms with van der Waals surface area (Å²) in [6.45, 7) is 0. The topological polar surface area (TPSA) is 261 Å². The maximum atomic E-state index is 12.7. The third kappa shape index (κ3) is 5.89. The van der Waals surface area contributed by atoms with Crippen LogP contribution in [0.3, 0.4) is 0 Å². The monoisotopic (exact) mass is 582 g/mol. The summed E-state index contributed by atoms with van der Waals surface area (Å²) in [7, 11) is 0. The molecular formula is C27H18O15. The van der Waals surface area contributed by atoms with Crippen molar-refractivity contribution in [1.29, 1.82) is 0 Å². The fourth-order valence-corrected chi connectivity index (χ4v) is 3.39. The molecule has 0 heterocycles. The van der Waals surface area contributed by atoms with Crippen LogP contribution in [0.4, 0.5) is 0 Å². The van der Waals surface area contributed by atoms with Crippen molar-refractivity contribution in [3.63, 3.8) is 0 Å². The molecule has 4 aromatic rings. The summed E-state index contributed by atoms with van der Waals surface area (Å²) in [6.07, 6.45) is 0. The Morgan fingerprint density at radius 1 is 0.357 bits per heavy atom. The first-order chi connectivity index (χ1) is 19.7. The number of aromatic hydroxyl groups is 9. The van der Waals surface area contributed by atoms with Gasteiger partial charge in [0.2, 0.25) is 0 Å². The molecule has 0 unspecified atom stereocenters. The summed E-state index contributed by atoms with van der Waals surface area (Å²) < 4.78 is 15.5. The minimum Gasteiger partial charge on any atom is -0.504 e. The molecule has 0 aliphatic carbocycles. The average molecular weight is 582 g/mol. The quantitative estimate of drug-likeness (QED) is 0.0899. The van der Waals surface area contributed by atoms with Gasteiger partial charge in [-0.1, -0.05) is 0 Å². The number of carbonyl (C=O) groups is 3. The van der Waals surface area contributed by atoms with Crippen LogP contribution in [0, 0.1) is 0 Å². The van der Waals surface area contributed by atoms with E-state index >= 15 is 0 Å². The zero-order chi connectivity index (χ0) is 30.9. The highest BCUT2D eigenvalue weighted by molar-refractivity contribution is 5.95. The van der Waals surface area contributed by atoms with Crippen LogP contribution in [0.25, 0.3) is 0 Å². The maximum absolute atomic E-state index is 12.7. The molecule has 0 radical (unpaired) electrons. The fraction of sp³-hybridized carbons (Fsp3) is 0. The Morgan fingerprint density at radius 2 is 0.548 bits per heavy atom. The first kappa shape index (κ1) is 28.5. The summed E-state index contributed by atoms with van der Waals surface area (Å²) >= 11 is 0. The van der Waals surface area contributed by atoms with Crippen LogP contribution in [-0.4, -0.2) is 63.9 Å². The van der Waals surface area contributed by atoms with Gasteiger partial charge in [-0.3, -0.25) is 0 Å². The third-order valence-electron chi connectivity index (χ3n) is 5.40. The van der Waals surface area contributed by atoms with Crippen LogP contribution in [-0.2, 0) is 0 Å². The molecule has 0 aliphatic heterocycles. The molecule has 216 valence electrons. The minimum absolute atomic E-state index is 0.436. The Balaban J connectivity index is 1.68. The van der Waals surface area contributed by atoms with Crippen LogP contribution in [0.15, 0.2) is 54.6 Å². The van der Waals surface area contributed by atoms with Crippen molar-refractivity contribution in [2.45, 2.75) is 0 Å². The van der Waals surface area contributed by atoms with E-state index in [-0.39, 0.29) is 0 Å². The highest BCUT2D eigenvalue weighted by Crippen LogP contribution is 2.39. The molecular weight excluding hydrogens is 564 g/mol. The zero-order valence-electron chi connectivity index (χ0n) is 20.7. The van der Waals surface area contributed by atoms with E-state index in [2.05, 4.69) is 0 Å². The van der Waals surface area contributed by atoms with Crippen molar-refractivity contribution in [3.8, 4) is 69.0 Å². The summed E-state index contributed by atoms with van der Waals surface area (Å²) in [4.78, 5) is 38.0. The van der Waals surface area contributed by atoms with E-state index in [1.54, 1.807) is 0 Å². The van der Waals surface area contributed by atoms with E-state index in [4.69, 9.17) is 14.2 Å². The van der Waals surface area contributed by atoms with E-state index in [1.165, 1.54) is 0 Å². The Morgan fingerprint density at radius 3 is 0.738 bits per heavy atom. The minimum atomic E-state index is -1.21. The van der Waals surface area contributed by atoms with Crippen molar-refractivity contribution in [2.24, 2.45) is 0 Å². The third-order valence-corrected chi connectivity index (χ3v) is 5.40. The lowest BCUT2D eigenvalue weighted by atomic mass is 10.2. The lowest BCUT2D eigenvalue weighted by Gasteiger charge is -2.12. The van der Waals surface area contributed by atoms with Crippen molar-refractivity contribution in [1.82, 2.24) is 0 Å². The molecule has 15 heteroatoms. The number of rotatable bonds is 6. The molecule has 4 aromatic carbocycles. The number of hydrogen-bond acceptors (Lipinski definition) is 15. The molecule has 0 fully saturated rings. The van der Waals surface area contributed by atoms with Crippen molar-refractivity contribution in [2.75, 3.05) is 0 Å². The van der Waals surface area contributed by atoms with Gasteiger partial charge in [0.1, 0.15) is 17.2 Å². The van der Waals surface area contributed by atoms with Gasteiger partial charge in [-0.2, -0.15) is 0 Å². The smallest absolute Gasteiger partial charge is 0.343 e. The van der Waals surface area contributed by atoms with Gasteiger partial charge in [0.25, 0.3) is 0 Å². The van der Waals surface area contributed by atoms with Crippen LogP contribution >= 0.6 is 0 Å². The van der Waals surface area contributed by atoms with E-state index < -0.39 is 104 Å². The summed E-state index contributed by atoms with van der Waals surface area (Å²) in [5.74, 6) is -12.7. The van der Waals surface area contributed by atoms with Crippen LogP contribution in [0.5, 0.6) is 69.0 Å². The van der Waals surface area contributed by atoms with E-state index in [0.29, 0.717) is 0 Å². The predicted molar refractivity (Wildman–Crippen MR) is 136 cm³/mol. The van der Waals surface area contributed by atoms with Crippen molar-refractivity contribution in [3.05, 3.63) is 71.3 Å². The number of hydrogen-bond donors (Lipinski definition) is 9. The number of benzene rings is 4. The molecule has 42 heavy (non-hydrogen) atoms. The molecule has 15 nitrogen and oxygen atoms in total. The van der Waals surface area contributed by atoms with Gasteiger partial charge in [-0.15, -0.1) is 0 Å². The number of phenolic OH excluding ortho intramolecular Hbond substituents is 9. The molecule has 0 saturated carbocycles. The second-order valence-corrected chi connectivity index (χ2v) is 8.40. The Labute approximate surface area is 233 Å². The van der Waals surface area contributed by atoms with Gasteiger partial charge in [0.15, 0.2) is 51.7 Å². The van der Waals surface area contributed by atoms with Gasteiger partial charge >= 0.3 is 17.9 Å². The van der Waals surface area contributed by atoms with Gasteiger partial charge in [0.05, 0.1) is 16.7 Å². The molecule has 0 aromatic heterocycles. The molecule has 4 rings (SSSR count). The zero-order valence-corrected chi connectivity index (χ0v) is 20.7. The van der Waals surface area contributed by atoms with Crippen LogP contribution in [0.2, 0.25) is 0 Å². The van der Waals surface area contributed by atoms with E-state index in [0.717, 1.165) is 54.6 Å². The van der Waals surface area contributed by atoms with Gasteiger partial charge in [0, 0.05) is 18.2 Å². The average Bonchev–Trinajstić information content (AvgIpc) is 2.92. The van der Waals surface area contributed by atoms with Gasteiger partial charge in [-0.05, 0) is 36.4 Å². The highest BCUT2D eigenvalue weighted by Gasteiger charge is 2.21. The standard InChI is InChI=1S/C27H18O15/c28-16-1-10(2-17(29)22(16)34)25(37)40-13-7-14(41-26(38)11-3-18(30)23(35)19(31)4-11)9-15(8-13)42-27(39)12-5-20(32)24(36)21(33)6-12/h1-9,28-36H. The largest absolute Gasteiger partial charge is 0.504 e. The van der Waals surface area contributed by atoms with E-state index in [9.17, 15) is 60.3 Å². The summed E-state index contributed by atoms with van der Waals surface area (Å²) in [6, 6.07) is 7.53. The molecule has 0 amide bonds. The lowest BCUT2D eigenvalue weighted by Crippen LogP contribution is -2.12. The first-order valence-corrected chi connectivity index (χ1v) is 11.3. The molecule has 0 spiro atoms. The number of carbonyl (C=O) groups excluding carboxylic acids is 3. The second-order valence-electron chi connectivity index (χ2n) is 8.40. The van der Waals surface area contributed by atoms with Crippen molar-refractivity contribution >= 4 is 17.9 Å². The highest BCUT2D eigenvalue weighted by atomic mass is 16.6. The molecule has 0 atom stereocenters. The summed E-state index contributed by atoms with van der Waals surface area (Å²) in [5.41, 5.74) is -1.31. The Kier molecular flexibility index (Phi) is 7.42. The number of esters is 3. The number of ether oxygens (including phenoxy) is 3. The lowest BCUT2D eigenvalue weighted by molar-refractivity contribution is 0.0729. The molecule has 0 bridgehead atoms. The SMILES string of the molecule is O=C(Oc1cc(OC(=O)c2cc(O)c(O)c(O)c2)cc(OC(=O)c2cc(O)c(O)c(O)c2)c1)c1cc(O)c(O)c(O)c1.